The summed E-state index contributed by atoms with van der Waals surface area (Å²) in [6.45, 7) is 11.1. The van der Waals surface area contributed by atoms with Crippen LogP contribution in [-0.2, 0) is 4.74 Å². The fourth-order valence-electron chi connectivity index (χ4n) is 3.55. The number of pyridine rings is 2. The van der Waals surface area contributed by atoms with Crippen LogP contribution in [0.4, 0.5) is 5.69 Å². The van der Waals surface area contributed by atoms with Crippen LogP contribution in [0.25, 0.3) is 11.0 Å². The van der Waals surface area contributed by atoms with Crippen molar-refractivity contribution >= 4 is 22.6 Å². The summed E-state index contributed by atoms with van der Waals surface area (Å²) in [5.41, 5.74) is 3.76. The van der Waals surface area contributed by atoms with E-state index in [9.17, 15) is 0 Å². The molecule has 4 N–H and O–H groups in total. The van der Waals surface area contributed by atoms with E-state index in [1.165, 1.54) is 0 Å². The molecule has 1 aliphatic rings. The zero-order chi connectivity index (χ0) is 23.5. The summed E-state index contributed by atoms with van der Waals surface area (Å²) in [6.07, 6.45) is 4.89. The monoisotopic (exact) mass is 455 g/mol. The molecule has 33 heavy (non-hydrogen) atoms. The van der Waals surface area contributed by atoms with E-state index in [1.807, 2.05) is 32.0 Å². The number of fused-ring (bicyclic) bond motifs is 1. The molecule has 0 saturated carbocycles. The van der Waals surface area contributed by atoms with Crippen LogP contribution in [0.5, 0.6) is 5.88 Å². The lowest BCUT2D eigenvalue weighted by Crippen LogP contribution is -2.41. The summed E-state index contributed by atoms with van der Waals surface area (Å²) in [5.74, 6) is 1.50. The second kappa shape index (κ2) is 13.1. The Morgan fingerprint density at radius 2 is 2.15 bits per heavy atom. The molecule has 3 rings (SSSR count). The van der Waals surface area contributed by atoms with Crippen molar-refractivity contribution in [2.45, 2.75) is 39.3 Å². The Hall–Kier alpha value is -2.75. The fourth-order valence-corrected chi connectivity index (χ4v) is 3.55. The van der Waals surface area contributed by atoms with Gasteiger partial charge in [0.25, 0.3) is 0 Å². The zero-order valence-electron chi connectivity index (χ0n) is 20.1. The number of nitrogens with zero attached hydrogens (tertiary/aromatic N) is 3. The summed E-state index contributed by atoms with van der Waals surface area (Å²) in [6, 6.07) is 6.10. The molecule has 0 bridgehead atoms. The van der Waals surface area contributed by atoms with Gasteiger partial charge < -0.3 is 30.7 Å². The Kier molecular flexibility index (Phi) is 9.86. The molecule has 0 spiro atoms. The third-order valence-corrected chi connectivity index (χ3v) is 5.53. The van der Waals surface area contributed by atoms with E-state index in [-0.39, 0.29) is 6.10 Å². The number of ether oxygens (including phenoxy) is 2. The molecule has 2 unspecified atom stereocenters. The highest BCUT2D eigenvalue weighted by molar-refractivity contribution is 5.88. The van der Waals surface area contributed by atoms with Gasteiger partial charge in [0.1, 0.15) is 17.5 Å². The van der Waals surface area contributed by atoms with Crippen LogP contribution in [0.3, 0.4) is 0 Å². The number of nitrogens with one attached hydrogen (secondary N) is 4. The van der Waals surface area contributed by atoms with Crippen molar-refractivity contribution in [1.29, 1.82) is 0 Å². The Labute approximate surface area is 196 Å². The number of allylic oxidation sites excluding steroid dienone is 1. The van der Waals surface area contributed by atoms with Crippen molar-refractivity contribution in [2.24, 2.45) is 4.99 Å². The van der Waals surface area contributed by atoms with Gasteiger partial charge in [-0.15, -0.1) is 0 Å². The summed E-state index contributed by atoms with van der Waals surface area (Å²) in [4.78, 5) is 13.4. The maximum absolute atomic E-state index is 5.63. The van der Waals surface area contributed by atoms with Crippen molar-refractivity contribution in [2.75, 3.05) is 51.8 Å². The molecule has 3 heterocycles. The van der Waals surface area contributed by atoms with Crippen molar-refractivity contribution in [3.8, 4) is 5.88 Å². The molecular formula is C24H37N7O2. The lowest BCUT2D eigenvalue weighted by Gasteiger charge is -2.23. The normalized spacial score (nSPS) is 17.5. The summed E-state index contributed by atoms with van der Waals surface area (Å²) >= 11 is 0. The van der Waals surface area contributed by atoms with E-state index in [0.717, 1.165) is 67.4 Å². The smallest absolute Gasteiger partial charge is 0.213 e. The number of amidine groups is 1. The molecule has 0 aromatic carbocycles. The Morgan fingerprint density at radius 1 is 1.27 bits per heavy atom. The van der Waals surface area contributed by atoms with Gasteiger partial charge in [0.15, 0.2) is 0 Å². The molecule has 0 amide bonds. The topological polar surface area (TPSA) is 105 Å². The predicted octanol–water partition coefficient (Wildman–Crippen LogP) is 2.32. The third-order valence-electron chi connectivity index (χ3n) is 5.53. The lowest BCUT2D eigenvalue weighted by atomic mass is 10.2. The highest BCUT2D eigenvalue weighted by Gasteiger charge is 2.15. The highest BCUT2D eigenvalue weighted by Crippen LogP contribution is 2.22. The van der Waals surface area contributed by atoms with Gasteiger partial charge in [-0.25, -0.2) is 4.98 Å². The standard InChI is InChI=1S/C24H37N7O2/c1-5-19(30-24-18(3)33-15-14-29-24)16-25-12-13-26-17(2)8-10-27-21-9-11-28-20-6-7-22(32-4)31-23(20)21/h5-7,9,11,17-18,25-26H,8,10,12-16H2,1-4H3,(H,27,28)(H,29,30)/b19-5-. The predicted molar refractivity (Wildman–Crippen MR) is 134 cm³/mol. The minimum atomic E-state index is 0.0211. The molecule has 0 saturated heterocycles. The van der Waals surface area contributed by atoms with Gasteiger partial charge in [-0.3, -0.25) is 9.98 Å². The van der Waals surface area contributed by atoms with Crippen LogP contribution in [0, 0.1) is 0 Å². The Bertz CT molecular complexity index is 948. The van der Waals surface area contributed by atoms with Gasteiger partial charge in [0.05, 0.1) is 31.5 Å². The van der Waals surface area contributed by atoms with Crippen LogP contribution in [-0.4, -0.2) is 74.4 Å². The maximum Gasteiger partial charge on any atom is 0.213 e. The lowest BCUT2D eigenvalue weighted by molar-refractivity contribution is 0.105. The summed E-state index contributed by atoms with van der Waals surface area (Å²) in [5, 5.41) is 13.9. The fraction of sp³-hybridized carbons (Fsp3) is 0.542. The van der Waals surface area contributed by atoms with Crippen LogP contribution >= 0.6 is 0 Å². The average Bonchev–Trinajstić information content (AvgIpc) is 2.84. The molecule has 1 aliphatic heterocycles. The number of aromatic nitrogens is 2. The van der Waals surface area contributed by atoms with Crippen LogP contribution < -0.4 is 26.0 Å². The van der Waals surface area contributed by atoms with Gasteiger partial charge in [-0.2, -0.15) is 0 Å². The van der Waals surface area contributed by atoms with Gasteiger partial charge in [-0.05, 0) is 39.3 Å². The highest BCUT2D eigenvalue weighted by atomic mass is 16.5. The second-order valence-electron chi connectivity index (χ2n) is 8.05. The third kappa shape index (κ3) is 7.66. The van der Waals surface area contributed by atoms with Gasteiger partial charge in [0, 0.05) is 50.2 Å². The van der Waals surface area contributed by atoms with Gasteiger partial charge >= 0.3 is 0 Å². The largest absolute Gasteiger partial charge is 0.481 e. The number of rotatable bonds is 12. The van der Waals surface area contributed by atoms with Gasteiger partial charge in [0.2, 0.25) is 5.88 Å². The molecular weight excluding hydrogens is 418 g/mol. The van der Waals surface area contributed by atoms with Gasteiger partial charge in [-0.1, -0.05) is 6.08 Å². The molecule has 9 heteroatoms. The Balaban J connectivity index is 1.33. The number of methoxy groups -OCH3 is 1. The molecule has 2 aromatic heterocycles. The number of aliphatic imine (C=N–C) groups is 1. The van der Waals surface area contributed by atoms with E-state index < -0.39 is 0 Å². The minimum Gasteiger partial charge on any atom is -0.481 e. The zero-order valence-corrected chi connectivity index (χ0v) is 20.1. The number of hydrogen-bond acceptors (Lipinski definition) is 9. The number of hydrogen-bond donors (Lipinski definition) is 4. The van der Waals surface area contributed by atoms with E-state index in [1.54, 1.807) is 13.3 Å². The van der Waals surface area contributed by atoms with Crippen molar-refractivity contribution in [3.05, 3.63) is 36.2 Å². The molecule has 2 atom stereocenters. The Morgan fingerprint density at radius 3 is 2.94 bits per heavy atom. The van der Waals surface area contributed by atoms with E-state index >= 15 is 0 Å². The van der Waals surface area contributed by atoms with E-state index in [2.05, 4.69) is 49.2 Å². The maximum atomic E-state index is 5.63. The van der Waals surface area contributed by atoms with E-state index in [0.29, 0.717) is 18.5 Å². The second-order valence-corrected chi connectivity index (χ2v) is 8.05. The minimum absolute atomic E-state index is 0.0211. The first-order chi connectivity index (χ1) is 16.1. The molecule has 180 valence electrons. The first-order valence-electron chi connectivity index (χ1n) is 11.7. The molecule has 9 nitrogen and oxygen atoms in total. The van der Waals surface area contributed by atoms with Crippen LogP contribution in [0.15, 0.2) is 41.2 Å². The molecule has 0 aliphatic carbocycles. The molecule has 2 aromatic rings. The molecule has 0 fully saturated rings. The van der Waals surface area contributed by atoms with Crippen LogP contribution in [0.1, 0.15) is 27.2 Å². The van der Waals surface area contributed by atoms with E-state index in [4.69, 9.17) is 9.47 Å². The van der Waals surface area contributed by atoms with Crippen LogP contribution in [0.2, 0.25) is 0 Å². The number of anilines is 1. The quantitative estimate of drug-likeness (QED) is 0.362. The summed E-state index contributed by atoms with van der Waals surface area (Å²) < 4.78 is 10.9. The average molecular weight is 456 g/mol. The summed E-state index contributed by atoms with van der Waals surface area (Å²) in [7, 11) is 1.62. The molecule has 0 radical (unpaired) electrons. The van der Waals surface area contributed by atoms with Crippen molar-refractivity contribution in [3.63, 3.8) is 0 Å². The first kappa shape index (κ1) is 24.9. The SMILES string of the molecule is C/C=C(/CNCCNC(C)CCNc1ccnc2ccc(OC)nc12)NC1=NCCOC1C. The van der Waals surface area contributed by atoms with Crippen molar-refractivity contribution in [1.82, 2.24) is 25.9 Å². The van der Waals surface area contributed by atoms with Crippen molar-refractivity contribution < 1.29 is 9.47 Å². The first-order valence-corrected chi connectivity index (χ1v) is 11.7.